The van der Waals surface area contributed by atoms with E-state index in [1.807, 2.05) is 0 Å². The Labute approximate surface area is 242 Å². The van der Waals surface area contributed by atoms with E-state index in [0.29, 0.717) is 30.2 Å². The van der Waals surface area contributed by atoms with Crippen molar-refractivity contribution in [3.05, 3.63) is 58.6 Å². The van der Waals surface area contributed by atoms with Gasteiger partial charge in [0.05, 0.1) is 16.5 Å². The first-order valence-corrected chi connectivity index (χ1v) is 15.8. The number of ether oxygens (including phenoxy) is 1. The molecule has 0 spiro atoms. The van der Waals surface area contributed by atoms with E-state index in [2.05, 4.69) is 20.8 Å². The highest BCUT2D eigenvalue weighted by molar-refractivity contribution is 9.10. The van der Waals surface area contributed by atoms with E-state index in [-0.39, 0.29) is 29.8 Å². The van der Waals surface area contributed by atoms with Gasteiger partial charge in [-0.15, -0.1) is 0 Å². The number of methoxy groups -OCH3 is 1. The number of amides is 1. The molecule has 1 aliphatic heterocycles. The molecule has 12 heteroatoms. The maximum absolute atomic E-state index is 16.7. The molecular weight excluding hydrogens is 608 g/mol. The number of carbonyl (C=O) groups excluding carboxylic acids is 1. The highest BCUT2D eigenvalue weighted by atomic mass is 79.9. The number of halogens is 3. The molecular formula is C28H36BrF2N3O5S. The van der Waals surface area contributed by atoms with Gasteiger partial charge < -0.3 is 15.4 Å². The van der Waals surface area contributed by atoms with Crippen LogP contribution in [0, 0.1) is 11.8 Å². The minimum atomic E-state index is -4.20. The fourth-order valence-electron chi connectivity index (χ4n) is 5.53. The van der Waals surface area contributed by atoms with Crippen LogP contribution in [-0.2, 0) is 25.6 Å². The summed E-state index contributed by atoms with van der Waals surface area (Å²) in [5.41, 5.74) is 5.60. The van der Waals surface area contributed by atoms with Crippen LogP contribution in [0.4, 0.5) is 8.78 Å². The molecule has 1 aliphatic carbocycles. The number of nitrogens with zero attached hydrogens (tertiary/aromatic N) is 1. The number of alkyl halides is 2. The van der Waals surface area contributed by atoms with Crippen LogP contribution >= 0.6 is 15.9 Å². The SMILES string of the molecule is COc1cc(C(F)(F)C(C(=O)N2CCC(N)CC2)C(ONS(=O)(=O)c2ccccc2)C2CCCCC2)ccc1Br. The second-order valence-electron chi connectivity index (χ2n) is 10.5. The van der Waals surface area contributed by atoms with E-state index in [4.69, 9.17) is 15.3 Å². The molecule has 2 unspecified atom stereocenters. The number of carbonyl (C=O) groups is 1. The van der Waals surface area contributed by atoms with Crippen molar-refractivity contribution in [3.8, 4) is 5.75 Å². The van der Waals surface area contributed by atoms with Crippen LogP contribution in [0.15, 0.2) is 57.9 Å². The van der Waals surface area contributed by atoms with Gasteiger partial charge in [-0.25, -0.2) is 17.2 Å². The van der Waals surface area contributed by atoms with Gasteiger partial charge in [-0.05, 0) is 71.8 Å². The van der Waals surface area contributed by atoms with Crippen LogP contribution in [0.2, 0.25) is 0 Å². The van der Waals surface area contributed by atoms with E-state index >= 15 is 8.78 Å². The smallest absolute Gasteiger partial charge is 0.287 e. The Morgan fingerprint density at radius 1 is 1.07 bits per heavy atom. The minimum absolute atomic E-state index is 0.0744. The Kier molecular flexibility index (Phi) is 10.2. The fourth-order valence-corrected chi connectivity index (χ4v) is 6.79. The molecule has 4 rings (SSSR count). The van der Waals surface area contributed by atoms with Crippen LogP contribution in [-0.4, -0.2) is 51.6 Å². The summed E-state index contributed by atoms with van der Waals surface area (Å²) in [5.74, 6) is -6.77. The van der Waals surface area contributed by atoms with Crippen molar-refractivity contribution < 1.29 is 31.6 Å². The van der Waals surface area contributed by atoms with Gasteiger partial charge in [0.1, 0.15) is 17.8 Å². The summed E-state index contributed by atoms with van der Waals surface area (Å²) in [6.07, 6.45) is 3.10. The third-order valence-electron chi connectivity index (χ3n) is 7.83. The van der Waals surface area contributed by atoms with Gasteiger partial charge in [-0.3, -0.25) is 9.63 Å². The lowest BCUT2D eigenvalue weighted by Gasteiger charge is -2.41. The zero-order valence-electron chi connectivity index (χ0n) is 22.4. The molecule has 1 saturated carbocycles. The second-order valence-corrected chi connectivity index (χ2v) is 13.0. The van der Waals surface area contributed by atoms with Crippen LogP contribution in [0.25, 0.3) is 0 Å². The maximum atomic E-state index is 16.7. The van der Waals surface area contributed by atoms with E-state index in [0.717, 1.165) is 19.3 Å². The number of piperidine rings is 1. The Hall–Kier alpha value is -2.12. The predicted molar refractivity (Wildman–Crippen MR) is 150 cm³/mol. The van der Waals surface area contributed by atoms with Crippen molar-refractivity contribution in [1.29, 1.82) is 0 Å². The summed E-state index contributed by atoms with van der Waals surface area (Å²) in [5, 5.41) is 0. The van der Waals surface area contributed by atoms with E-state index < -0.39 is 45.4 Å². The molecule has 0 radical (unpaired) electrons. The number of benzene rings is 2. The molecule has 2 aromatic rings. The van der Waals surface area contributed by atoms with Gasteiger partial charge in [-0.2, -0.15) is 0 Å². The molecule has 1 heterocycles. The third-order valence-corrected chi connectivity index (χ3v) is 9.70. The molecule has 2 aliphatic rings. The first kappa shape index (κ1) is 30.8. The standard InChI is InChI=1S/C28H36BrF2N3O5S/c1-38-24-18-20(12-13-23(24)29)28(30,31)25(27(35)34-16-14-21(32)15-17-34)26(19-8-4-2-5-9-19)39-33-40(36,37)22-10-6-3-7-11-22/h3,6-7,10-13,18-19,21,25-26,33H,2,4-5,8-9,14-17,32H2,1H3. The summed E-state index contributed by atoms with van der Waals surface area (Å²) >= 11 is 3.29. The lowest BCUT2D eigenvalue weighted by molar-refractivity contribution is -0.183. The summed E-state index contributed by atoms with van der Waals surface area (Å²) < 4.78 is 65.2. The zero-order valence-corrected chi connectivity index (χ0v) is 24.8. The average molecular weight is 645 g/mol. The van der Waals surface area contributed by atoms with Gasteiger partial charge in [0.2, 0.25) is 5.91 Å². The number of sulfonamides is 1. The van der Waals surface area contributed by atoms with Gasteiger partial charge in [-0.1, -0.05) is 48.4 Å². The Bertz CT molecular complexity index is 1250. The summed E-state index contributed by atoms with van der Waals surface area (Å²) in [7, 11) is -2.83. The summed E-state index contributed by atoms with van der Waals surface area (Å²) in [6.45, 7) is 0.479. The highest BCUT2D eigenvalue weighted by Gasteiger charge is 2.55. The maximum Gasteiger partial charge on any atom is 0.287 e. The fraction of sp³-hybridized carbons (Fsp3) is 0.536. The largest absolute Gasteiger partial charge is 0.496 e. The highest BCUT2D eigenvalue weighted by Crippen LogP contribution is 2.46. The molecule has 8 nitrogen and oxygen atoms in total. The van der Waals surface area contributed by atoms with Crippen LogP contribution in [0.5, 0.6) is 5.75 Å². The minimum Gasteiger partial charge on any atom is -0.496 e. The molecule has 0 aromatic heterocycles. The Balaban J connectivity index is 1.76. The number of rotatable bonds is 10. The quantitative estimate of drug-likeness (QED) is 0.354. The Morgan fingerprint density at radius 3 is 2.35 bits per heavy atom. The van der Waals surface area contributed by atoms with Crippen molar-refractivity contribution in [2.45, 2.75) is 67.9 Å². The van der Waals surface area contributed by atoms with Crippen molar-refractivity contribution >= 4 is 31.9 Å². The molecule has 220 valence electrons. The molecule has 1 amide bonds. The van der Waals surface area contributed by atoms with Crippen molar-refractivity contribution in [1.82, 2.24) is 9.79 Å². The molecule has 2 aromatic carbocycles. The third kappa shape index (κ3) is 7.02. The van der Waals surface area contributed by atoms with Crippen LogP contribution < -0.4 is 15.4 Å². The van der Waals surface area contributed by atoms with E-state index in [1.165, 1.54) is 42.3 Å². The number of nitrogens with one attached hydrogen (secondary N) is 1. The number of hydrogen-bond donors (Lipinski definition) is 2. The first-order valence-electron chi connectivity index (χ1n) is 13.5. The van der Waals surface area contributed by atoms with Gasteiger partial charge in [0.25, 0.3) is 15.9 Å². The molecule has 3 N–H and O–H groups in total. The van der Waals surface area contributed by atoms with Crippen LogP contribution in [0.3, 0.4) is 0 Å². The van der Waals surface area contributed by atoms with Crippen molar-refractivity contribution in [2.24, 2.45) is 17.6 Å². The van der Waals surface area contributed by atoms with E-state index in [1.54, 1.807) is 18.2 Å². The monoisotopic (exact) mass is 643 g/mol. The van der Waals surface area contributed by atoms with Gasteiger partial charge in [0.15, 0.2) is 0 Å². The van der Waals surface area contributed by atoms with Crippen molar-refractivity contribution in [3.63, 3.8) is 0 Å². The van der Waals surface area contributed by atoms with Crippen molar-refractivity contribution in [2.75, 3.05) is 20.2 Å². The summed E-state index contributed by atoms with van der Waals surface area (Å²) in [6, 6.07) is 11.3. The van der Waals surface area contributed by atoms with Crippen LogP contribution in [0.1, 0.15) is 50.5 Å². The number of likely N-dealkylation sites (tertiary alicyclic amines) is 1. The first-order chi connectivity index (χ1) is 19.0. The van der Waals surface area contributed by atoms with E-state index in [9.17, 15) is 13.2 Å². The molecule has 40 heavy (non-hydrogen) atoms. The number of hydrogen-bond acceptors (Lipinski definition) is 6. The zero-order chi connectivity index (χ0) is 28.9. The van der Waals surface area contributed by atoms with Gasteiger partial charge >= 0.3 is 0 Å². The predicted octanol–water partition coefficient (Wildman–Crippen LogP) is 4.97. The van der Waals surface area contributed by atoms with Gasteiger partial charge in [0, 0.05) is 24.7 Å². The average Bonchev–Trinajstić information content (AvgIpc) is 2.96. The number of nitrogens with two attached hydrogens (primary N) is 1. The lowest BCUT2D eigenvalue weighted by Crippen LogP contribution is -2.55. The normalized spacial score (nSPS) is 19.3. The summed E-state index contributed by atoms with van der Waals surface area (Å²) in [4.78, 5) is 23.2. The molecule has 1 saturated heterocycles. The molecule has 2 fully saturated rings. The second kappa shape index (κ2) is 13.2. The topological polar surface area (TPSA) is 111 Å². The molecule has 2 atom stereocenters. The Morgan fingerprint density at radius 2 is 1.73 bits per heavy atom. The lowest BCUT2D eigenvalue weighted by atomic mass is 9.76. The molecule has 0 bridgehead atoms.